The molecule has 1 amide bonds. The van der Waals surface area contributed by atoms with Gasteiger partial charge in [0.05, 0.1) is 23.7 Å². The maximum absolute atomic E-state index is 12.9. The van der Waals surface area contributed by atoms with Crippen LogP contribution in [-0.2, 0) is 17.8 Å². The number of para-hydroxylation sites is 1. The van der Waals surface area contributed by atoms with Crippen LogP contribution in [0.15, 0.2) is 60.7 Å². The second-order valence-corrected chi connectivity index (χ2v) is 10.0. The Morgan fingerprint density at radius 2 is 1.81 bits per heavy atom. The van der Waals surface area contributed by atoms with Gasteiger partial charge in [-0.25, -0.2) is 9.97 Å². The highest BCUT2D eigenvalue weighted by Crippen LogP contribution is 2.40. The van der Waals surface area contributed by atoms with Gasteiger partial charge in [0.25, 0.3) is 0 Å². The SMILES string of the molecule is Cc1nc(N2CC[C@H](N3Cc4ccccc4CC3=O)C2)nc2ccc(-c3cccc4c3OCCO4)cc12. The van der Waals surface area contributed by atoms with Gasteiger partial charge >= 0.3 is 0 Å². The van der Waals surface area contributed by atoms with Crippen LogP contribution in [0.1, 0.15) is 23.2 Å². The molecule has 0 unspecified atom stereocenters. The highest BCUT2D eigenvalue weighted by molar-refractivity contribution is 5.88. The number of amides is 1. The van der Waals surface area contributed by atoms with Gasteiger partial charge in [0, 0.05) is 30.6 Å². The van der Waals surface area contributed by atoms with Crippen molar-refractivity contribution in [3.8, 4) is 22.6 Å². The zero-order valence-electron chi connectivity index (χ0n) is 20.8. The van der Waals surface area contributed by atoms with Crippen molar-refractivity contribution in [2.24, 2.45) is 0 Å². The summed E-state index contributed by atoms with van der Waals surface area (Å²) in [4.78, 5) is 27.0. The molecule has 1 aromatic heterocycles. The maximum atomic E-state index is 12.9. The minimum atomic E-state index is 0.175. The van der Waals surface area contributed by atoms with E-state index in [-0.39, 0.29) is 11.9 Å². The molecule has 0 bridgehead atoms. The molecule has 1 saturated heterocycles. The lowest BCUT2D eigenvalue weighted by Crippen LogP contribution is -2.45. The fraction of sp³-hybridized carbons (Fsp3) is 0.300. The topological polar surface area (TPSA) is 67.8 Å². The number of carbonyl (C=O) groups is 1. The van der Waals surface area contributed by atoms with Crippen molar-refractivity contribution in [3.63, 3.8) is 0 Å². The number of rotatable bonds is 3. The molecule has 3 aliphatic rings. The first-order valence-corrected chi connectivity index (χ1v) is 12.9. The molecule has 3 aliphatic heterocycles. The first-order chi connectivity index (χ1) is 18.1. The molecule has 7 nitrogen and oxygen atoms in total. The number of benzene rings is 3. The number of aromatic nitrogens is 2. The summed E-state index contributed by atoms with van der Waals surface area (Å²) in [5, 5.41) is 1.02. The van der Waals surface area contributed by atoms with Crippen molar-refractivity contribution >= 4 is 22.8 Å². The molecule has 0 radical (unpaired) electrons. The van der Waals surface area contributed by atoms with Gasteiger partial charge in [0.15, 0.2) is 11.5 Å². The molecule has 7 rings (SSSR count). The standard InChI is InChI=1S/C30H28N4O3/c1-19-25-15-21(24-7-4-8-27-29(24)37-14-13-36-27)9-10-26(25)32-30(31-19)33-12-11-23(18-33)34-17-22-6-3-2-5-20(22)16-28(34)35/h2-10,15,23H,11-14,16-18H2,1H3/t23-/m0/s1. The molecule has 4 heterocycles. The van der Waals surface area contributed by atoms with Gasteiger partial charge in [0.2, 0.25) is 11.9 Å². The number of hydrogen-bond acceptors (Lipinski definition) is 6. The molecule has 7 heteroatoms. The van der Waals surface area contributed by atoms with Gasteiger partial charge < -0.3 is 19.3 Å². The Hall–Kier alpha value is -4.13. The zero-order valence-corrected chi connectivity index (χ0v) is 20.8. The molecule has 37 heavy (non-hydrogen) atoms. The van der Waals surface area contributed by atoms with E-state index in [0.717, 1.165) is 70.2 Å². The quantitative estimate of drug-likeness (QED) is 0.418. The smallest absolute Gasteiger partial charge is 0.227 e. The molecular weight excluding hydrogens is 464 g/mol. The Morgan fingerprint density at radius 1 is 0.946 bits per heavy atom. The van der Waals surface area contributed by atoms with Crippen LogP contribution in [0.2, 0.25) is 0 Å². The number of nitrogens with zero attached hydrogens (tertiary/aromatic N) is 4. The number of hydrogen-bond donors (Lipinski definition) is 0. The lowest BCUT2D eigenvalue weighted by atomic mass is 9.98. The van der Waals surface area contributed by atoms with Crippen LogP contribution in [-0.4, -0.2) is 53.1 Å². The van der Waals surface area contributed by atoms with Gasteiger partial charge in [-0.2, -0.15) is 0 Å². The molecule has 0 spiro atoms. The Morgan fingerprint density at radius 3 is 2.73 bits per heavy atom. The largest absolute Gasteiger partial charge is 0.486 e. The first-order valence-electron chi connectivity index (χ1n) is 12.9. The lowest BCUT2D eigenvalue weighted by Gasteiger charge is -2.33. The van der Waals surface area contributed by atoms with E-state index < -0.39 is 0 Å². The Bertz CT molecular complexity index is 1540. The second kappa shape index (κ2) is 8.76. The van der Waals surface area contributed by atoms with Crippen molar-refractivity contribution in [2.45, 2.75) is 32.4 Å². The first kappa shape index (κ1) is 22.1. The lowest BCUT2D eigenvalue weighted by molar-refractivity contribution is -0.134. The summed E-state index contributed by atoms with van der Waals surface area (Å²) in [6.07, 6.45) is 1.41. The average molecular weight is 493 g/mol. The number of carbonyl (C=O) groups excluding carboxylic acids is 1. The minimum Gasteiger partial charge on any atom is -0.486 e. The molecular formula is C30H28N4O3. The summed E-state index contributed by atoms with van der Waals surface area (Å²) in [7, 11) is 0. The van der Waals surface area contributed by atoms with E-state index in [1.807, 2.05) is 25.1 Å². The molecule has 0 N–H and O–H groups in total. The van der Waals surface area contributed by atoms with E-state index >= 15 is 0 Å². The normalized spacial score (nSPS) is 18.8. The summed E-state index contributed by atoms with van der Waals surface area (Å²) in [5.41, 5.74) is 6.33. The van der Waals surface area contributed by atoms with Crippen molar-refractivity contribution in [3.05, 3.63) is 77.5 Å². The summed E-state index contributed by atoms with van der Waals surface area (Å²) in [6, 6.07) is 20.7. The van der Waals surface area contributed by atoms with E-state index in [9.17, 15) is 4.79 Å². The zero-order chi connectivity index (χ0) is 24.9. The van der Waals surface area contributed by atoms with Crippen molar-refractivity contribution in [1.29, 1.82) is 0 Å². The van der Waals surface area contributed by atoms with E-state index in [1.54, 1.807) is 0 Å². The van der Waals surface area contributed by atoms with Gasteiger partial charge in [-0.1, -0.05) is 42.5 Å². The number of aryl methyl sites for hydroxylation is 1. The van der Waals surface area contributed by atoms with Crippen molar-refractivity contribution < 1.29 is 14.3 Å². The fourth-order valence-corrected chi connectivity index (χ4v) is 5.81. The molecule has 4 aromatic rings. The third-order valence-corrected chi connectivity index (χ3v) is 7.76. The van der Waals surface area contributed by atoms with Crippen LogP contribution >= 0.6 is 0 Å². The summed E-state index contributed by atoms with van der Waals surface area (Å²) in [6.45, 7) is 5.44. The molecule has 1 atom stereocenters. The van der Waals surface area contributed by atoms with Crippen LogP contribution < -0.4 is 14.4 Å². The molecule has 1 fully saturated rings. The average Bonchev–Trinajstić information content (AvgIpc) is 3.42. The third-order valence-electron chi connectivity index (χ3n) is 7.76. The highest BCUT2D eigenvalue weighted by Gasteiger charge is 2.34. The summed E-state index contributed by atoms with van der Waals surface area (Å²) < 4.78 is 11.7. The van der Waals surface area contributed by atoms with E-state index in [2.05, 4.69) is 52.3 Å². The van der Waals surface area contributed by atoms with Crippen LogP contribution in [0, 0.1) is 6.92 Å². The predicted molar refractivity (Wildman–Crippen MR) is 142 cm³/mol. The maximum Gasteiger partial charge on any atom is 0.227 e. The Kier molecular flexibility index (Phi) is 5.23. The van der Waals surface area contributed by atoms with Gasteiger partial charge in [-0.05, 0) is 48.2 Å². The number of fused-ring (bicyclic) bond motifs is 3. The minimum absolute atomic E-state index is 0.175. The van der Waals surface area contributed by atoms with Crippen LogP contribution in [0.4, 0.5) is 5.95 Å². The van der Waals surface area contributed by atoms with E-state index in [1.165, 1.54) is 5.56 Å². The highest BCUT2D eigenvalue weighted by atomic mass is 16.6. The van der Waals surface area contributed by atoms with Crippen LogP contribution in [0.3, 0.4) is 0 Å². The third kappa shape index (κ3) is 3.86. The monoisotopic (exact) mass is 492 g/mol. The van der Waals surface area contributed by atoms with E-state index in [0.29, 0.717) is 26.2 Å². The van der Waals surface area contributed by atoms with Crippen molar-refractivity contribution in [2.75, 3.05) is 31.2 Å². The predicted octanol–water partition coefficient (Wildman–Crippen LogP) is 4.54. The van der Waals surface area contributed by atoms with E-state index in [4.69, 9.17) is 19.4 Å². The number of anilines is 1. The molecule has 0 aliphatic carbocycles. The molecule has 0 saturated carbocycles. The summed E-state index contributed by atoms with van der Waals surface area (Å²) >= 11 is 0. The fourth-order valence-electron chi connectivity index (χ4n) is 5.81. The Balaban J connectivity index is 1.15. The summed E-state index contributed by atoms with van der Waals surface area (Å²) in [5.74, 6) is 2.53. The van der Waals surface area contributed by atoms with Gasteiger partial charge in [-0.3, -0.25) is 4.79 Å². The molecule has 3 aromatic carbocycles. The Labute approximate surface area is 215 Å². The van der Waals surface area contributed by atoms with Crippen LogP contribution in [0.25, 0.3) is 22.0 Å². The molecule has 186 valence electrons. The van der Waals surface area contributed by atoms with Crippen LogP contribution in [0.5, 0.6) is 11.5 Å². The van der Waals surface area contributed by atoms with Crippen molar-refractivity contribution in [1.82, 2.24) is 14.9 Å². The second-order valence-electron chi connectivity index (χ2n) is 10.0. The van der Waals surface area contributed by atoms with Gasteiger partial charge in [-0.15, -0.1) is 0 Å². The van der Waals surface area contributed by atoms with Gasteiger partial charge in [0.1, 0.15) is 13.2 Å². The number of ether oxygens (including phenoxy) is 2.